The van der Waals surface area contributed by atoms with Crippen LogP contribution in [0.15, 0.2) is 72.9 Å². The summed E-state index contributed by atoms with van der Waals surface area (Å²) in [7, 11) is 0. The molecule has 1 aliphatic rings. The molecule has 2 heterocycles. The van der Waals surface area contributed by atoms with Crippen molar-refractivity contribution in [3.8, 4) is 11.8 Å². The number of hydrogen-bond donors (Lipinski definition) is 1. The molecule has 2 amide bonds. The van der Waals surface area contributed by atoms with Crippen LogP contribution in [0.2, 0.25) is 5.02 Å². The first kappa shape index (κ1) is 28.1. The number of nitrogens with one attached hydrogen (secondary N) is 1. The topological polar surface area (TPSA) is 71.4 Å². The predicted octanol–water partition coefficient (Wildman–Crippen LogP) is 5.29. The Morgan fingerprint density at radius 3 is 2.54 bits per heavy atom. The maximum atomic E-state index is 14.5. The number of nitrogens with zero attached hydrogens (tertiary/aromatic N) is 2. The Bertz CT molecular complexity index is 1710. The fourth-order valence-electron chi connectivity index (χ4n) is 4.98. The van der Waals surface area contributed by atoms with Crippen molar-refractivity contribution in [2.24, 2.45) is 0 Å². The minimum absolute atomic E-state index is 0.0718. The lowest BCUT2D eigenvalue weighted by Gasteiger charge is -2.24. The van der Waals surface area contributed by atoms with Crippen LogP contribution in [0.4, 0.5) is 8.78 Å². The predicted molar refractivity (Wildman–Crippen MR) is 153 cm³/mol. The van der Waals surface area contributed by atoms with E-state index in [9.17, 15) is 23.2 Å². The zero-order valence-corrected chi connectivity index (χ0v) is 22.9. The third-order valence-electron chi connectivity index (χ3n) is 7.05. The molecule has 0 unspecified atom stereocenters. The average Bonchev–Trinajstić information content (AvgIpc) is 3.53. The molecule has 1 aliphatic heterocycles. The van der Waals surface area contributed by atoms with E-state index in [0.717, 1.165) is 5.56 Å². The molecule has 4 aromatic rings. The van der Waals surface area contributed by atoms with Crippen molar-refractivity contribution in [3.05, 3.63) is 106 Å². The number of aromatic nitrogens is 1. The van der Waals surface area contributed by atoms with E-state index in [2.05, 4.69) is 17.2 Å². The molecule has 1 fully saturated rings. The molecule has 2 atom stereocenters. The van der Waals surface area contributed by atoms with Gasteiger partial charge in [-0.05, 0) is 43.3 Å². The summed E-state index contributed by atoms with van der Waals surface area (Å²) in [5.74, 6) is 4.32. The van der Waals surface area contributed by atoms with Gasteiger partial charge in [0.2, 0.25) is 11.8 Å². The van der Waals surface area contributed by atoms with Gasteiger partial charge in [-0.2, -0.15) is 0 Å². The smallest absolute Gasteiger partial charge is 0.243 e. The lowest BCUT2D eigenvalue weighted by molar-refractivity contribution is -0.139. The Hall–Kier alpha value is -4.48. The Labute approximate surface area is 240 Å². The van der Waals surface area contributed by atoms with Crippen molar-refractivity contribution < 1.29 is 23.2 Å². The Balaban J connectivity index is 1.35. The van der Waals surface area contributed by atoms with Gasteiger partial charge in [-0.1, -0.05) is 53.8 Å². The van der Waals surface area contributed by atoms with Gasteiger partial charge in [0, 0.05) is 52.3 Å². The molecule has 5 rings (SSSR count). The van der Waals surface area contributed by atoms with Crippen LogP contribution in [0.3, 0.4) is 0 Å². The monoisotopic (exact) mass is 573 g/mol. The Morgan fingerprint density at radius 2 is 1.78 bits per heavy atom. The Morgan fingerprint density at radius 1 is 1.02 bits per heavy atom. The number of likely N-dealkylation sites (tertiary alicyclic amines) is 1. The first-order valence-corrected chi connectivity index (χ1v) is 13.4. The number of Topliss-reactive ketones (excluding diaryl/α,β-unsaturated/α-hetero) is 1. The summed E-state index contributed by atoms with van der Waals surface area (Å²) < 4.78 is 30.3. The number of amides is 2. The molecule has 1 saturated heterocycles. The fraction of sp³-hybridized carbons (Fsp3) is 0.219. The lowest BCUT2D eigenvalue weighted by Crippen LogP contribution is -2.46. The molecule has 1 N–H and O–H groups in total. The van der Waals surface area contributed by atoms with Gasteiger partial charge in [0.05, 0.1) is 11.6 Å². The van der Waals surface area contributed by atoms with Crippen LogP contribution < -0.4 is 5.32 Å². The maximum absolute atomic E-state index is 14.5. The fourth-order valence-corrected chi connectivity index (χ4v) is 5.18. The molecule has 1 aromatic heterocycles. The van der Waals surface area contributed by atoms with Crippen molar-refractivity contribution in [3.63, 3.8) is 0 Å². The second kappa shape index (κ2) is 11.9. The second-order valence-electron chi connectivity index (χ2n) is 9.90. The molecule has 9 heteroatoms. The van der Waals surface area contributed by atoms with E-state index in [1.165, 1.54) is 24.0 Å². The lowest BCUT2D eigenvalue weighted by atomic mass is 10.1. The summed E-state index contributed by atoms with van der Waals surface area (Å²) in [6.45, 7) is 0.861. The third kappa shape index (κ3) is 6.16. The molecular weight excluding hydrogens is 548 g/mol. The van der Waals surface area contributed by atoms with Crippen molar-refractivity contribution >= 4 is 40.1 Å². The zero-order valence-electron chi connectivity index (χ0n) is 22.2. The number of alkyl halides is 1. The molecule has 0 aliphatic carbocycles. The van der Waals surface area contributed by atoms with E-state index in [4.69, 9.17) is 11.6 Å². The molecule has 0 bridgehead atoms. The molecule has 41 heavy (non-hydrogen) atoms. The summed E-state index contributed by atoms with van der Waals surface area (Å²) in [6, 6.07) is 18.3. The number of hydrogen-bond acceptors (Lipinski definition) is 3. The SMILES string of the molecule is CC(=O)c1cn(CC(=O)N2C[C@H](F)C[C@H]2C(=O)NCc2cccc(Cl)c2F)c2ccc(C#Cc3ccccc3)cc12. The zero-order chi connectivity index (χ0) is 29.1. The number of carbonyl (C=O) groups excluding carboxylic acids is 3. The van der Waals surface area contributed by atoms with Crippen LogP contribution in [0, 0.1) is 17.7 Å². The maximum Gasteiger partial charge on any atom is 0.243 e. The average molecular weight is 574 g/mol. The largest absolute Gasteiger partial charge is 0.350 e. The summed E-state index contributed by atoms with van der Waals surface area (Å²) in [4.78, 5) is 40.0. The highest BCUT2D eigenvalue weighted by atomic mass is 35.5. The number of rotatable bonds is 6. The highest BCUT2D eigenvalue weighted by molar-refractivity contribution is 6.30. The summed E-state index contributed by atoms with van der Waals surface area (Å²) in [5, 5.41) is 3.17. The summed E-state index contributed by atoms with van der Waals surface area (Å²) in [5.41, 5.74) is 2.82. The number of carbonyl (C=O) groups is 3. The van der Waals surface area contributed by atoms with Crippen LogP contribution in [-0.2, 0) is 22.7 Å². The molecular formula is C32H26ClF2N3O3. The van der Waals surface area contributed by atoms with Gasteiger partial charge < -0.3 is 14.8 Å². The first-order valence-electron chi connectivity index (χ1n) is 13.1. The van der Waals surface area contributed by atoms with E-state index in [1.807, 2.05) is 42.5 Å². The van der Waals surface area contributed by atoms with Crippen molar-refractivity contribution in [2.75, 3.05) is 6.54 Å². The van der Waals surface area contributed by atoms with E-state index in [0.29, 0.717) is 22.0 Å². The molecule has 0 saturated carbocycles. The summed E-state index contributed by atoms with van der Waals surface area (Å²) >= 11 is 5.81. The molecule has 0 radical (unpaired) electrons. The van der Waals surface area contributed by atoms with Crippen LogP contribution in [0.25, 0.3) is 10.9 Å². The van der Waals surface area contributed by atoms with Crippen molar-refractivity contribution in [1.82, 2.24) is 14.8 Å². The molecule has 208 valence electrons. The molecule has 6 nitrogen and oxygen atoms in total. The Kier molecular flexibility index (Phi) is 8.18. The second-order valence-corrected chi connectivity index (χ2v) is 10.3. The quantitative estimate of drug-likeness (QED) is 0.252. The number of benzene rings is 3. The minimum Gasteiger partial charge on any atom is -0.350 e. The van der Waals surface area contributed by atoms with Gasteiger partial charge in [0.25, 0.3) is 0 Å². The van der Waals surface area contributed by atoms with Gasteiger partial charge in [-0.25, -0.2) is 8.78 Å². The van der Waals surface area contributed by atoms with Gasteiger partial charge in [-0.15, -0.1) is 0 Å². The molecule has 3 aromatic carbocycles. The highest BCUT2D eigenvalue weighted by Gasteiger charge is 2.39. The number of fused-ring (bicyclic) bond motifs is 1. The van der Waals surface area contributed by atoms with E-state index in [1.54, 1.807) is 22.9 Å². The van der Waals surface area contributed by atoms with Crippen LogP contribution in [-0.4, -0.2) is 45.8 Å². The van der Waals surface area contributed by atoms with Crippen LogP contribution in [0.1, 0.15) is 40.4 Å². The van der Waals surface area contributed by atoms with Gasteiger partial charge in [0.15, 0.2) is 5.78 Å². The first-order chi connectivity index (χ1) is 19.7. The van der Waals surface area contributed by atoms with E-state index in [-0.39, 0.29) is 42.4 Å². The highest BCUT2D eigenvalue weighted by Crippen LogP contribution is 2.26. The number of ketones is 1. The normalized spacial score (nSPS) is 16.3. The third-order valence-corrected chi connectivity index (χ3v) is 7.34. The van der Waals surface area contributed by atoms with Crippen molar-refractivity contribution in [2.45, 2.75) is 38.6 Å². The van der Waals surface area contributed by atoms with Crippen molar-refractivity contribution in [1.29, 1.82) is 0 Å². The minimum atomic E-state index is -1.38. The van der Waals surface area contributed by atoms with Gasteiger partial charge in [0.1, 0.15) is 24.6 Å². The van der Waals surface area contributed by atoms with Gasteiger partial charge in [-0.3, -0.25) is 14.4 Å². The summed E-state index contributed by atoms with van der Waals surface area (Å²) in [6.07, 6.45) is 0.0567. The molecule has 0 spiro atoms. The standard InChI is InChI=1S/C32H26ClF2N3O3/c1-20(39)26-18-37(28-13-12-22(14-25(26)28)11-10-21-6-3-2-4-7-21)19-30(40)38-17-24(34)15-29(38)32(41)36-16-23-8-5-9-27(33)31(23)35/h2-9,12-14,18,24,29H,15-17,19H2,1H3,(H,36,41)/t24-,29+/m1/s1. The van der Waals surface area contributed by atoms with Crippen LogP contribution in [0.5, 0.6) is 0 Å². The van der Waals surface area contributed by atoms with Gasteiger partial charge >= 0.3 is 0 Å². The van der Waals surface area contributed by atoms with E-state index < -0.39 is 29.8 Å². The van der Waals surface area contributed by atoms with E-state index >= 15 is 0 Å². The number of halogens is 3. The van der Waals surface area contributed by atoms with Crippen LogP contribution >= 0.6 is 11.6 Å².